The number of fused-ring (bicyclic) bond motifs is 1. The van der Waals surface area contributed by atoms with Gasteiger partial charge in [-0.3, -0.25) is 4.79 Å². The lowest BCUT2D eigenvalue weighted by molar-refractivity contribution is -0.125. The number of hydrogen-bond donors (Lipinski definition) is 2. The minimum atomic E-state index is -0.506. The van der Waals surface area contributed by atoms with Crippen molar-refractivity contribution in [2.75, 3.05) is 12.3 Å². The van der Waals surface area contributed by atoms with Gasteiger partial charge in [0.2, 0.25) is 5.91 Å². The number of benzene rings is 1. The van der Waals surface area contributed by atoms with Gasteiger partial charge in [0.25, 0.3) is 0 Å². The molecule has 4 heteroatoms. The Morgan fingerprint density at radius 2 is 2.21 bits per heavy atom. The van der Waals surface area contributed by atoms with E-state index in [1.165, 1.54) is 16.9 Å². The Kier molecular flexibility index (Phi) is 4.53. The van der Waals surface area contributed by atoms with E-state index >= 15 is 0 Å². The molecule has 1 atom stereocenters. The number of carbonyl (C=O) groups is 1. The third-order valence-electron chi connectivity index (χ3n) is 3.65. The molecule has 0 fully saturated rings. The SMILES string of the molecule is CC(C)(CN[C@@H]1CCCSc2ccccc21)C(N)=O. The first-order valence-corrected chi connectivity index (χ1v) is 7.74. The van der Waals surface area contributed by atoms with E-state index < -0.39 is 5.41 Å². The second-order valence-electron chi connectivity index (χ2n) is 5.71. The molecule has 0 saturated carbocycles. The summed E-state index contributed by atoms with van der Waals surface area (Å²) in [6.07, 6.45) is 2.30. The zero-order valence-corrected chi connectivity index (χ0v) is 12.4. The Morgan fingerprint density at radius 3 is 2.95 bits per heavy atom. The maximum atomic E-state index is 11.4. The summed E-state index contributed by atoms with van der Waals surface area (Å²) in [7, 11) is 0. The Balaban J connectivity index is 2.10. The van der Waals surface area contributed by atoms with E-state index in [1.54, 1.807) is 0 Å². The van der Waals surface area contributed by atoms with Crippen LogP contribution >= 0.6 is 11.8 Å². The smallest absolute Gasteiger partial charge is 0.224 e. The van der Waals surface area contributed by atoms with Crippen LogP contribution in [-0.4, -0.2) is 18.2 Å². The molecule has 2 rings (SSSR count). The molecule has 0 saturated heterocycles. The molecule has 3 N–H and O–H groups in total. The quantitative estimate of drug-likeness (QED) is 0.890. The molecule has 1 aromatic rings. The Hall–Kier alpha value is -1.00. The van der Waals surface area contributed by atoms with Gasteiger partial charge in [0.15, 0.2) is 0 Å². The van der Waals surface area contributed by atoms with Crippen LogP contribution in [0.3, 0.4) is 0 Å². The molecule has 0 spiro atoms. The van der Waals surface area contributed by atoms with Crippen molar-refractivity contribution in [2.24, 2.45) is 11.1 Å². The highest BCUT2D eigenvalue weighted by Crippen LogP contribution is 2.34. The maximum Gasteiger partial charge on any atom is 0.224 e. The molecule has 0 bridgehead atoms. The van der Waals surface area contributed by atoms with Crippen LogP contribution in [0, 0.1) is 5.41 Å². The summed E-state index contributed by atoms with van der Waals surface area (Å²) in [5.41, 5.74) is 6.27. The lowest BCUT2D eigenvalue weighted by atomic mass is 9.91. The van der Waals surface area contributed by atoms with Gasteiger partial charge in [-0.05, 0) is 44.1 Å². The number of nitrogens with two attached hydrogens (primary N) is 1. The van der Waals surface area contributed by atoms with E-state index in [4.69, 9.17) is 5.73 Å². The van der Waals surface area contributed by atoms with Crippen LogP contribution in [0.4, 0.5) is 0 Å². The summed E-state index contributed by atoms with van der Waals surface area (Å²) in [4.78, 5) is 12.7. The van der Waals surface area contributed by atoms with E-state index in [1.807, 2.05) is 25.6 Å². The Bertz CT molecular complexity index is 459. The second kappa shape index (κ2) is 5.97. The molecular formula is C15H22N2OS. The van der Waals surface area contributed by atoms with Gasteiger partial charge < -0.3 is 11.1 Å². The molecule has 0 aromatic heterocycles. The van der Waals surface area contributed by atoms with Crippen molar-refractivity contribution in [1.29, 1.82) is 0 Å². The van der Waals surface area contributed by atoms with Crippen LogP contribution in [0.15, 0.2) is 29.2 Å². The summed E-state index contributed by atoms with van der Waals surface area (Å²) in [6, 6.07) is 8.85. The van der Waals surface area contributed by atoms with Crippen molar-refractivity contribution in [1.82, 2.24) is 5.32 Å². The first kappa shape index (κ1) is 14.4. The van der Waals surface area contributed by atoms with Crippen LogP contribution in [0.2, 0.25) is 0 Å². The number of hydrogen-bond acceptors (Lipinski definition) is 3. The summed E-state index contributed by atoms with van der Waals surface area (Å²) < 4.78 is 0. The van der Waals surface area contributed by atoms with Gasteiger partial charge in [-0.1, -0.05) is 18.2 Å². The molecule has 3 nitrogen and oxygen atoms in total. The Morgan fingerprint density at radius 1 is 1.47 bits per heavy atom. The first-order valence-electron chi connectivity index (χ1n) is 6.76. The van der Waals surface area contributed by atoms with Crippen molar-refractivity contribution < 1.29 is 4.79 Å². The van der Waals surface area contributed by atoms with E-state index in [9.17, 15) is 4.79 Å². The molecule has 1 heterocycles. The van der Waals surface area contributed by atoms with Crippen molar-refractivity contribution in [3.8, 4) is 0 Å². The maximum absolute atomic E-state index is 11.4. The molecule has 0 aliphatic carbocycles. The van der Waals surface area contributed by atoms with Crippen LogP contribution in [0.5, 0.6) is 0 Å². The van der Waals surface area contributed by atoms with E-state index in [0.29, 0.717) is 12.6 Å². The fraction of sp³-hybridized carbons (Fsp3) is 0.533. The van der Waals surface area contributed by atoms with Crippen LogP contribution in [0.25, 0.3) is 0 Å². The van der Waals surface area contributed by atoms with Crippen LogP contribution in [0.1, 0.15) is 38.3 Å². The highest BCUT2D eigenvalue weighted by Gasteiger charge is 2.27. The zero-order valence-electron chi connectivity index (χ0n) is 11.6. The normalized spacial score (nSPS) is 19.6. The summed E-state index contributed by atoms with van der Waals surface area (Å²) in [5.74, 6) is 0.908. The predicted molar refractivity (Wildman–Crippen MR) is 80.1 cm³/mol. The molecule has 0 unspecified atom stereocenters. The fourth-order valence-corrected chi connectivity index (χ4v) is 3.29. The summed E-state index contributed by atoms with van der Waals surface area (Å²) in [6.45, 7) is 4.39. The average molecular weight is 278 g/mol. The van der Waals surface area contributed by atoms with Crippen molar-refractivity contribution >= 4 is 17.7 Å². The number of carbonyl (C=O) groups excluding carboxylic acids is 1. The van der Waals surface area contributed by atoms with Gasteiger partial charge >= 0.3 is 0 Å². The predicted octanol–water partition coefficient (Wildman–Crippen LogP) is 2.71. The number of amides is 1. The molecular weight excluding hydrogens is 256 g/mol. The van der Waals surface area contributed by atoms with Crippen LogP contribution < -0.4 is 11.1 Å². The number of nitrogens with one attached hydrogen (secondary N) is 1. The van der Waals surface area contributed by atoms with Gasteiger partial charge in [0, 0.05) is 17.5 Å². The monoisotopic (exact) mass is 278 g/mol. The van der Waals surface area contributed by atoms with Crippen molar-refractivity contribution in [2.45, 2.75) is 37.6 Å². The van der Waals surface area contributed by atoms with Gasteiger partial charge in [-0.25, -0.2) is 0 Å². The lowest BCUT2D eigenvalue weighted by Crippen LogP contribution is -2.41. The fourth-order valence-electron chi connectivity index (χ4n) is 2.20. The molecule has 1 aliphatic heterocycles. The molecule has 1 aliphatic rings. The van der Waals surface area contributed by atoms with Crippen molar-refractivity contribution in [3.05, 3.63) is 29.8 Å². The minimum Gasteiger partial charge on any atom is -0.369 e. The third-order valence-corrected chi connectivity index (χ3v) is 4.82. The first-order chi connectivity index (χ1) is 9.00. The summed E-state index contributed by atoms with van der Waals surface area (Å²) in [5, 5.41) is 3.53. The van der Waals surface area contributed by atoms with E-state index in [0.717, 1.165) is 12.2 Å². The van der Waals surface area contributed by atoms with Gasteiger partial charge in [0.1, 0.15) is 0 Å². The molecule has 0 radical (unpaired) electrons. The number of thioether (sulfide) groups is 1. The lowest BCUT2D eigenvalue weighted by Gasteiger charge is -2.26. The molecule has 104 valence electrons. The van der Waals surface area contributed by atoms with Gasteiger partial charge in [-0.15, -0.1) is 11.8 Å². The second-order valence-corrected chi connectivity index (χ2v) is 6.85. The molecule has 1 amide bonds. The highest BCUT2D eigenvalue weighted by molar-refractivity contribution is 7.99. The summed E-state index contributed by atoms with van der Waals surface area (Å²) >= 11 is 1.92. The standard InChI is InChI=1S/C15H22N2OS/c1-15(2,14(16)18)10-17-12-7-5-9-19-13-8-4-3-6-11(12)13/h3-4,6,8,12,17H,5,7,9-10H2,1-2H3,(H2,16,18)/t12-/m1/s1. The molecule has 19 heavy (non-hydrogen) atoms. The highest BCUT2D eigenvalue weighted by atomic mass is 32.2. The zero-order chi connectivity index (χ0) is 13.9. The minimum absolute atomic E-state index is 0.253. The topological polar surface area (TPSA) is 55.1 Å². The number of rotatable bonds is 4. The van der Waals surface area contributed by atoms with Gasteiger partial charge in [-0.2, -0.15) is 0 Å². The van der Waals surface area contributed by atoms with Crippen LogP contribution in [-0.2, 0) is 4.79 Å². The van der Waals surface area contributed by atoms with Gasteiger partial charge in [0.05, 0.1) is 5.41 Å². The Labute approximate surface area is 119 Å². The van der Waals surface area contributed by atoms with E-state index in [-0.39, 0.29) is 5.91 Å². The largest absolute Gasteiger partial charge is 0.369 e. The average Bonchev–Trinajstić information content (AvgIpc) is 2.58. The molecule has 1 aromatic carbocycles. The third kappa shape index (κ3) is 3.51. The number of primary amides is 1. The van der Waals surface area contributed by atoms with Crippen molar-refractivity contribution in [3.63, 3.8) is 0 Å². The van der Waals surface area contributed by atoms with E-state index in [2.05, 4.69) is 29.6 Å².